The smallest absolute Gasteiger partial charge is 0.123 e. The molecule has 0 spiro atoms. The van der Waals surface area contributed by atoms with Crippen molar-refractivity contribution < 1.29 is 4.11 Å². The Morgan fingerprint density at radius 2 is 2.56 bits per heavy atom. The molecule has 1 aromatic heterocycles. The topological polar surface area (TPSA) is 38.9 Å². The predicted octanol–water partition coefficient (Wildman–Crippen LogP) is 1.23. The van der Waals surface area contributed by atoms with Gasteiger partial charge in [-0.15, -0.1) is 0 Å². The number of hydrogen-bond acceptors (Lipinski definition) is 2. The maximum Gasteiger partial charge on any atom is 0.123 e. The number of nitrogen functional groups attached to an aromatic ring is 1. The highest BCUT2D eigenvalue weighted by Crippen LogP contribution is 2.00. The Kier molecular flexibility index (Phi) is 0.884. The van der Waals surface area contributed by atoms with Gasteiger partial charge in [0.15, 0.2) is 0 Å². The summed E-state index contributed by atoms with van der Waals surface area (Å²) in [5, 5.41) is 0. The van der Waals surface area contributed by atoms with Gasteiger partial charge in [0.25, 0.3) is 0 Å². The Labute approximate surface area is 58.9 Å². The van der Waals surface area contributed by atoms with Gasteiger partial charge in [0.1, 0.15) is 5.82 Å². The molecule has 0 saturated carbocycles. The van der Waals surface area contributed by atoms with E-state index in [0.717, 1.165) is 0 Å². The van der Waals surface area contributed by atoms with Crippen molar-refractivity contribution in [3.63, 3.8) is 0 Å². The van der Waals surface area contributed by atoms with Crippen LogP contribution in [0.15, 0.2) is 18.3 Å². The molecule has 0 aliphatic rings. The van der Waals surface area contributed by atoms with E-state index in [-0.39, 0.29) is 24.1 Å². The lowest BCUT2D eigenvalue weighted by Crippen LogP contribution is -1.89. The zero-order valence-electron chi connectivity index (χ0n) is 8.23. The van der Waals surface area contributed by atoms with Gasteiger partial charge in [-0.3, -0.25) is 0 Å². The molecule has 0 aliphatic carbocycles. The first-order chi connectivity index (χ1) is 5.57. The molecular formula is C7H10N2. The van der Waals surface area contributed by atoms with E-state index in [1.165, 1.54) is 0 Å². The Balaban J connectivity index is 3.40. The number of aromatic nitrogens is 1. The Bertz CT molecular complexity index is 312. The van der Waals surface area contributed by atoms with Crippen LogP contribution >= 0.6 is 0 Å². The summed E-state index contributed by atoms with van der Waals surface area (Å²) in [6.45, 7) is 1.82. The zero-order valence-corrected chi connectivity index (χ0v) is 5.23. The van der Waals surface area contributed by atoms with Crippen molar-refractivity contribution in [2.24, 2.45) is 0 Å². The van der Waals surface area contributed by atoms with Gasteiger partial charge in [-0.2, -0.15) is 0 Å². The van der Waals surface area contributed by atoms with E-state index in [2.05, 4.69) is 4.98 Å². The van der Waals surface area contributed by atoms with Crippen LogP contribution in [0.4, 0.5) is 5.82 Å². The Hall–Kier alpha value is -1.05. The summed E-state index contributed by atoms with van der Waals surface area (Å²) in [5.74, 6) is -0.0396. The highest BCUT2D eigenvalue weighted by molar-refractivity contribution is 5.29. The lowest BCUT2D eigenvalue weighted by molar-refractivity contribution is 1.11. The summed E-state index contributed by atoms with van der Waals surface area (Å²) in [5.41, 5.74) is 5.79. The Morgan fingerprint density at radius 1 is 1.78 bits per heavy atom. The number of nitrogens with zero attached hydrogens (tertiary/aromatic N) is 1. The molecule has 9 heavy (non-hydrogen) atoms. The minimum Gasteiger partial charge on any atom is -0.384 e. The van der Waals surface area contributed by atoms with Gasteiger partial charge >= 0.3 is 0 Å². The molecule has 2 nitrogen and oxygen atoms in total. The maximum absolute atomic E-state index is 7.45. The van der Waals surface area contributed by atoms with Crippen LogP contribution in [0.5, 0.6) is 0 Å². The molecule has 2 N–H and O–H groups in total. The highest BCUT2D eigenvalue weighted by Gasteiger charge is 1.86. The summed E-state index contributed by atoms with van der Waals surface area (Å²) in [4.78, 5) is 3.64. The molecule has 0 saturated heterocycles. The lowest BCUT2D eigenvalue weighted by atomic mass is 10.2. The molecule has 1 aromatic rings. The largest absolute Gasteiger partial charge is 0.384 e. The van der Waals surface area contributed by atoms with Gasteiger partial charge in [-0.1, -0.05) is 13.0 Å². The summed E-state index contributed by atoms with van der Waals surface area (Å²) in [6, 6.07) is -0.0575. The first-order valence-electron chi connectivity index (χ1n) is 4.30. The van der Waals surface area contributed by atoms with E-state index in [9.17, 15) is 0 Å². The predicted molar refractivity (Wildman–Crippen MR) is 38.0 cm³/mol. The molecule has 0 fully saturated rings. The van der Waals surface area contributed by atoms with Crippen molar-refractivity contribution in [2.75, 3.05) is 5.73 Å². The third-order valence-corrected chi connectivity index (χ3v) is 1.01. The molecule has 0 bridgehead atoms. The summed E-state index contributed by atoms with van der Waals surface area (Å²) in [7, 11) is 0. The molecule has 0 atom stereocenters. The standard InChI is InChI=1S/C7H10N2/c1-2-6-3-4-7(8)9-5-6/h3-5H,2H2,1H3,(H2,8,9)/i3D,4D,5D. The van der Waals surface area contributed by atoms with Gasteiger partial charge in [0.05, 0.1) is 4.11 Å². The molecular weight excluding hydrogens is 112 g/mol. The minimum atomic E-state index is -0.0807. The van der Waals surface area contributed by atoms with Crippen LogP contribution in [0.1, 0.15) is 16.6 Å². The summed E-state index contributed by atoms with van der Waals surface area (Å²) < 4.78 is 22.1. The van der Waals surface area contributed by atoms with Gasteiger partial charge in [-0.25, -0.2) is 4.98 Å². The van der Waals surface area contributed by atoms with Crippen LogP contribution in [0.25, 0.3) is 0 Å². The van der Waals surface area contributed by atoms with Crippen molar-refractivity contribution in [1.82, 2.24) is 4.98 Å². The molecule has 0 radical (unpaired) electrons. The second-order valence-corrected chi connectivity index (χ2v) is 1.69. The van der Waals surface area contributed by atoms with Crippen molar-refractivity contribution >= 4 is 5.82 Å². The first kappa shape index (κ1) is 3.20. The van der Waals surface area contributed by atoms with E-state index in [0.29, 0.717) is 12.0 Å². The van der Waals surface area contributed by atoms with Gasteiger partial charge in [0.2, 0.25) is 0 Å². The van der Waals surface area contributed by atoms with Crippen LogP contribution in [-0.4, -0.2) is 4.98 Å². The van der Waals surface area contributed by atoms with Crippen LogP contribution in [0.3, 0.4) is 0 Å². The van der Waals surface area contributed by atoms with E-state index in [1.54, 1.807) is 0 Å². The SMILES string of the molecule is [2H]c1nc(N)c([2H])c([2H])c1CC. The van der Waals surface area contributed by atoms with Crippen LogP contribution in [0.2, 0.25) is 0 Å². The van der Waals surface area contributed by atoms with E-state index in [1.807, 2.05) is 6.92 Å². The van der Waals surface area contributed by atoms with Gasteiger partial charge in [0, 0.05) is 6.17 Å². The Morgan fingerprint density at radius 3 is 3.22 bits per heavy atom. The molecule has 0 aromatic carbocycles. The monoisotopic (exact) mass is 125 g/mol. The van der Waals surface area contributed by atoms with E-state index < -0.39 is 0 Å². The number of nitrogens with two attached hydrogens (primary N) is 1. The molecule has 0 unspecified atom stereocenters. The summed E-state index contributed by atoms with van der Waals surface area (Å²) >= 11 is 0. The molecule has 48 valence electrons. The molecule has 1 heterocycles. The third-order valence-electron chi connectivity index (χ3n) is 1.01. The van der Waals surface area contributed by atoms with E-state index in [4.69, 9.17) is 9.85 Å². The normalized spacial score (nSPS) is 14.1. The number of anilines is 1. The minimum absolute atomic E-state index is 0.0102. The number of pyridine rings is 1. The molecule has 0 amide bonds. The fourth-order valence-corrected chi connectivity index (χ4v) is 0.491. The second kappa shape index (κ2) is 2.49. The zero-order chi connectivity index (χ0) is 9.30. The van der Waals surface area contributed by atoms with Crippen LogP contribution in [-0.2, 0) is 6.42 Å². The fourth-order valence-electron chi connectivity index (χ4n) is 0.491. The van der Waals surface area contributed by atoms with E-state index >= 15 is 0 Å². The molecule has 1 rings (SSSR count). The summed E-state index contributed by atoms with van der Waals surface area (Å²) in [6.07, 6.45) is 0.549. The number of hydrogen-bond donors (Lipinski definition) is 1. The van der Waals surface area contributed by atoms with Crippen LogP contribution < -0.4 is 5.73 Å². The van der Waals surface area contributed by atoms with Crippen molar-refractivity contribution in [2.45, 2.75) is 13.3 Å². The van der Waals surface area contributed by atoms with Crippen molar-refractivity contribution in [3.8, 4) is 0 Å². The first-order valence-corrected chi connectivity index (χ1v) is 2.80. The maximum atomic E-state index is 7.45. The van der Waals surface area contributed by atoms with Crippen molar-refractivity contribution in [3.05, 3.63) is 23.8 Å². The molecule has 0 aliphatic heterocycles. The lowest BCUT2D eigenvalue weighted by Gasteiger charge is -1.93. The number of rotatable bonds is 1. The quantitative estimate of drug-likeness (QED) is 0.613. The van der Waals surface area contributed by atoms with Gasteiger partial charge in [-0.05, 0) is 18.0 Å². The van der Waals surface area contributed by atoms with Crippen molar-refractivity contribution in [1.29, 1.82) is 0 Å². The average molecular weight is 125 g/mol. The third kappa shape index (κ3) is 1.42. The highest BCUT2D eigenvalue weighted by atomic mass is 14.8. The fraction of sp³-hybridized carbons (Fsp3) is 0.286. The second-order valence-electron chi connectivity index (χ2n) is 1.69. The van der Waals surface area contributed by atoms with Gasteiger partial charge < -0.3 is 5.73 Å². The van der Waals surface area contributed by atoms with Crippen LogP contribution in [0, 0.1) is 0 Å². The average Bonchev–Trinajstić information content (AvgIpc) is 2.01. The molecule has 2 heteroatoms.